The number of carbonyl (C=O) groups is 1. The number of rotatable bonds is 22. The van der Waals surface area contributed by atoms with Gasteiger partial charge in [-0.2, -0.15) is 21.9 Å². The van der Waals surface area contributed by atoms with Crippen LogP contribution in [-0.4, -0.2) is 94.9 Å². The fourth-order valence-corrected chi connectivity index (χ4v) is 8.62. The van der Waals surface area contributed by atoms with Crippen molar-refractivity contribution in [3.05, 3.63) is 216 Å². The Morgan fingerprint density at radius 3 is 0.729 bits per heavy atom. The summed E-state index contributed by atoms with van der Waals surface area (Å²) in [6.07, 6.45) is 4.88. The molecule has 2 radical (unpaired) electrons. The van der Waals surface area contributed by atoms with Crippen LogP contribution in [-0.2, 0) is 38.9 Å². The van der Waals surface area contributed by atoms with Crippen molar-refractivity contribution in [3.8, 4) is 46.0 Å². The van der Waals surface area contributed by atoms with Gasteiger partial charge in [-0.3, -0.25) is 20.0 Å². The molecular formula is C67H72BCu2N4O10Rb. The average molecular weight is 1320 g/mol. The number of ketones is 1. The van der Waals surface area contributed by atoms with Gasteiger partial charge in [0.05, 0.1) is 52.6 Å². The fourth-order valence-electron chi connectivity index (χ4n) is 8.62. The molecule has 446 valence electrons. The number of hydrogen-bond acceptors (Lipinski definition) is 13. The summed E-state index contributed by atoms with van der Waals surface area (Å²) < 4.78 is 21.1. The number of Topliss-reactive ketones (excluding diaryl/α,β-unsaturated/α-hetero) is 1. The molecule has 0 bridgehead atoms. The molecule has 2 N–H and O–H groups in total. The molecule has 8 aromatic rings. The molecule has 18 heteroatoms. The minimum Gasteiger partial charge on any atom is -0.870 e. The number of nitrogens with zero attached hydrogens (tertiary/aromatic N) is 4. The van der Waals surface area contributed by atoms with E-state index in [1.54, 1.807) is 72.8 Å². The molecule has 8 aromatic carbocycles. The van der Waals surface area contributed by atoms with Crippen LogP contribution in [0.3, 0.4) is 0 Å². The smallest absolute Gasteiger partial charge is 0.870 e. The van der Waals surface area contributed by atoms with E-state index in [2.05, 4.69) is 141 Å². The summed E-state index contributed by atoms with van der Waals surface area (Å²) in [5, 5.41) is 48.4. The van der Waals surface area contributed by atoms with E-state index in [9.17, 15) is 25.2 Å². The van der Waals surface area contributed by atoms with Crippen molar-refractivity contribution in [2.24, 2.45) is 20.0 Å². The standard InChI is InChI=1S/C24H20B.2C20H24N2O4.C3H6O.2Cu.H2O.Rb/c1-5-13-21(14-6-1)25(22-15-7-2-8-16-22,23-17-9-3-10-18-23)24-19-11-4-12-20-24;2*1-3-25-17-9-5-7-15(19(17)23)13-21-11-12-22-14-16-8-6-10-18(20(16)24)26-4-2;1-3(2)4;;;;/h1-20H;2*5-10,13-14,23-24H,3-4,11-12H2,1-2H3;1-2H3;;;1H2;/q-1;;;;2*+2;;+1/p-4. The van der Waals surface area contributed by atoms with Crippen LogP contribution in [0.5, 0.6) is 46.0 Å². The first-order valence-electron chi connectivity index (χ1n) is 27.0. The molecule has 0 aliphatic rings. The molecule has 14 nitrogen and oxygen atoms in total. The van der Waals surface area contributed by atoms with Crippen LogP contribution in [0.1, 0.15) is 63.8 Å². The first-order chi connectivity index (χ1) is 39.5. The number of ether oxygens (including phenoxy) is 4. The van der Waals surface area contributed by atoms with E-state index in [-0.39, 0.29) is 127 Å². The van der Waals surface area contributed by atoms with Gasteiger partial charge in [0, 0.05) is 24.9 Å². The maximum absolute atomic E-state index is 12.1. The van der Waals surface area contributed by atoms with Gasteiger partial charge in [-0.05, 0) is 88.1 Å². The molecule has 0 aliphatic carbocycles. The van der Waals surface area contributed by atoms with E-state index in [1.165, 1.54) is 60.6 Å². The van der Waals surface area contributed by atoms with E-state index >= 15 is 0 Å². The van der Waals surface area contributed by atoms with Gasteiger partial charge < -0.3 is 49.6 Å². The molecule has 0 heterocycles. The van der Waals surface area contributed by atoms with Gasteiger partial charge in [-0.25, -0.2) is 0 Å². The van der Waals surface area contributed by atoms with E-state index in [4.69, 9.17) is 18.9 Å². The third kappa shape index (κ3) is 24.0. The van der Waals surface area contributed by atoms with E-state index in [1.807, 2.05) is 27.7 Å². The molecule has 0 saturated heterocycles. The molecule has 0 fully saturated rings. The Labute approximate surface area is 571 Å². The first-order valence-corrected chi connectivity index (χ1v) is 27.0. The second-order valence-corrected chi connectivity index (χ2v) is 18.0. The summed E-state index contributed by atoms with van der Waals surface area (Å²) in [4.78, 5) is 26.3. The van der Waals surface area contributed by atoms with Gasteiger partial charge in [0.15, 0.2) is 0 Å². The molecule has 85 heavy (non-hydrogen) atoms. The normalized spacial score (nSPS) is 10.5. The molecule has 0 unspecified atom stereocenters. The van der Waals surface area contributed by atoms with Crippen molar-refractivity contribution in [1.29, 1.82) is 0 Å². The van der Waals surface area contributed by atoms with E-state index < -0.39 is 6.15 Å². The third-order valence-corrected chi connectivity index (χ3v) is 12.1. The van der Waals surface area contributed by atoms with Crippen LogP contribution < -0.4 is 119 Å². The van der Waals surface area contributed by atoms with Crippen molar-refractivity contribution < 1.29 is 142 Å². The summed E-state index contributed by atoms with van der Waals surface area (Å²) >= 11 is 0. The Morgan fingerprint density at radius 1 is 0.365 bits per heavy atom. The Balaban J connectivity index is 0.000000603. The summed E-state index contributed by atoms with van der Waals surface area (Å²) in [5.74, 6) is 0.767. The number of para-hydroxylation sites is 4. The Hall–Kier alpha value is -6.62. The Kier molecular flexibility index (Phi) is 38.7. The summed E-state index contributed by atoms with van der Waals surface area (Å²) in [6.45, 7) is 13.8. The third-order valence-electron chi connectivity index (χ3n) is 12.1. The zero-order chi connectivity index (χ0) is 58.1. The quantitative estimate of drug-likeness (QED) is 0.0538. The van der Waals surface area contributed by atoms with Crippen LogP contribution >= 0.6 is 0 Å². The Morgan fingerprint density at radius 2 is 0.553 bits per heavy atom. The summed E-state index contributed by atoms with van der Waals surface area (Å²) in [6, 6.07) is 63.9. The topological polar surface area (TPSA) is 227 Å². The molecule has 0 aromatic heterocycles. The van der Waals surface area contributed by atoms with Crippen LogP contribution in [0.15, 0.2) is 214 Å². The summed E-state index contributed by atoms with van der Waals surface area (Å²) in [7, 11) is 0. The number of carbonyl (C=O) groups excluding carboxylic acids is 1. The van der Waals surface area contributed by atoms with Gasteiger partial charge in [0.25, 0.3) is 0 Å². The predicted molar refractivity (Wildman–Crippen MR) is 328 cm³/mol. The minimum atomic E-state index is -1.22. The average Bonchev–Trinajstić information content (AvgIpc) is 1.04. The van der Waals surface area contributed by atoms with E-state index in [0.717, 1.165) is 0 Å². The zero-order valence-corrected chi connectivity index (χ0v) is 55.9. The molecule has 0 spiro atoms. The second kappa shape index (κ2) is 43.1. The van der Waals surface area contributed by atoms with Crippen molar-refractivity contribution in [1.82, 2.24) is 0 Å². The van der Waals surface area contributed by atoms with E-state index in [0.29, 0.717) is 97.9 Å². The maximum atomic E-state index is 12.1. The van der Waals surface area contributed by atoms with Crippen molar-refractivity contribution in [3.63, 3.8) is 0 Å². The molecule has 0 aliphatic heterocycles. The molecule has 0 saturated carbocycles. The monoisotopic (exact) mass is 1310 g/mol. The second-order valence-electron chi connectivity index (χ2n) is 18.0. The van der Waals surface area contributed by atoms with Crippen LogP contribution in [0.4, 0.5) is 0 Å². The predicted octanol–water partition coefficient (Wildman–Crippen LogP) is 4.17. The van der Waals surface area contributed by atoms with Gasteiger partial charge >= 0.3 is 92.3 Å². The van der Waals surface area contributed by atoms with Crippen LogP contribution in [0.2, 0.25) is 0 Å². The minimum absolute atomic E-state index is 0. The van der Waals surface area contributed by atoms with Crippen molar-refractivity contribution in [2.75, 3.05) is 52.6 Å². The van der Waals surface area contributed by atoms with Gasteiger partial charge in [-0.1, -0.05) is 193 Å². The largest absolute Gasteiger partial charge is 2.00 e. The molecular weight excluding hydrogens is 1240 g/mol. The number of aliphatic imine (C=N–C) groups is 4. The van der Waals surface area contributed by atoms with Crippen LogP contribution in [0.25, 0.3) is 0 Å². The number of benzene rings is 8. The van der Waals surface area contributed by atoms with Gasteiger partial charge in [-0.15, -0.1) is 0 Å². The van der Waals surface area contributed by atoms with Gasteiger partial charge in [0.1, 0.15) is 34.9 Å². The summed E-state index contributed by atoms with van der Waals surface area (Å²) in [5.41, 5.74) is 7.27. The molecule has 0 amide bonds. The van der Waals surface area contributed by atoms with Crippen LogP contribution in [0, 0.1) is 0 Å². The first kappa shape index (κ1) is 76.4. The molecule has 8 rings (SSSR count). The maximum Gasteiger partial charge on any atom is 2.00 e. The Bertz CT molecular complexity index is 2840. The SMILES string of the molecule is CC(C)=O.CCOc1cccc(C=NCCN=Cc2cccc(OCC)c2[O-])c1[O-].CCOc1cccc(C=NCCN=Cc2cccc(OCC)c2[O-])c1[O-].O.[Cu+2].[Cu+2].[Rb+].c1ccc([B-](c2ccccc2)(c2ccccc2)c2ccccc2)cc1. The zero-order valence-electron chi connectivity index (χ0n) is 49.1. The fraction of sp³-hybridized carbons (Fsp3) is 0.209. The van der Waals surface area contributed by atoms with Crippen molar-refractivity contribution in [2.45, 2.75) is 41.5 Å². The van der Waals surface area contributed by atoms with Gasteiger partial charge in [0.2, 0.25) is 0 Å². The molecule has 0 atom stereocenters. The number of hydrogen-bond donors (Lipinski definition) is 0. The van der Waals surface area contributed by atoms with Crippen molar-refractivity contribution >= 4 is 58.6 Å².